The quantitative estimate of drug-likeness (QED) is 0.758. The van der Waals surface area contributed by atoms with Crippen LogP contribution in [0.25, 0.3) is 0 Å². The molecule has 0 fully saturated rings. The molecule has 1 rings (SSSR count). The van der Waals surface area contributed by atoms with E-state index in [0.717, 1.165) is 11.7 Å². The fraction of sp³-hybridized carbons (Fsp3) is 0.455. The Kier molecular flexibility index (Phi) is 3.45. The zero-order chi connectivity index (χ0) is 13.2. The molecule has 0 radical (unpaired) electrons. The molecule has 0 aliphatic carbocycles. The summed E-state index contributed by atoms with van der Waals surface area (Å²) in [7, 11) is 1.16. The first-order chi connectivity index (χ1) is 7.76. The maximum absolute atomic E-state index is 11.7. The third kappa shape index (κ3) is 2.99. The lowest BCUT2D eigenvalue weighted by molar-refractivity contribution is 0.0480. The van der Waals surface area contributed by atoms with Gasteiger partial charge in [0.2, 0.25) is 0 Å². The van der Waals surface area contributed by atoms with E-state index in [4.69, 9.17) is 4.74 Å². The molecular weight excluding hydrogens is 226 g/mol. The minimum atomic E-state index is -0.807. The largest absolute Gasteiger partial charge is 0.505 e. The van der Waals surface area contributed by atoms with E-state index < -0.39 is 17.7 Å². The van der Waals surface area contributed by atoms with E-state index in [0.29, 0.717) is 0 Å². The fourth-order valence-corrected chi connectivity index (χ4v) is 1.18. The molecule has 0 saturated carbocycles. The summed E-state index contributed by atoms with van der Waals surface area (Å²) in [6.45, 7) is 5.10. The fourth-order valence-electron chi connectivity index (χ4n) is 1.18. The highest BCUT2D eigenvalue weighted by atomic mass is 16.6. The Labute approximate surface area is 98.7 Å². The molecule has 0 atom stereocenters. The number of esters is 1. The summed E-state index contributed by atoms with van der Waals surface area (Å²) >= 11 is 0. The SMILES string of the molecule is COC(=O)c1c(O)ccn1C(=O)OC(C)(C)C. The van der Waals surface area contributed by atoms with Gasteiger partial charge in [-0.3, -0.25) is 0 Å². The van der Waals surface area contributed by atoms with Gasteiger partial charge < -0.3 is 14.6 Å². The first kappa shape index (κ1) is 13.1. The van der Waals surface area contributed by atoms with Crippen LogP contribution in [0.5, 0.6) is 5.75 Å². The van der Waals surface area contributed by atoms with Crippen LogP contribution in [0.1, 0.15) is 31.3 Å². The predicted molar refractivity (Wildman–Crippen MR) is 59.1 cm³/mol. The standard InChI is InChI=1S/C11H15NO5/c1-11(2,3)17-10(15)12-6-5-7(13)8(12)9(14)16-4/h5-6,13H,1-4H3. The molecule has 1 heterocycles. The van der Waals surface area contributed by atoms with E-state index in [1.54, 1.807) is 20.8 Å². The highest BCUT2D eigenvalue weighted by Crippen LogP contribution is 2.20. The van der Waals surface area contributed by atoms with Crippen molar-refractivity contribution in [1.82, 2.24) is 4.57 Å². The first-order valence-electron chi connectivity index (χ1n) is 4.98. The molecule has 6 heteroatoms. The summed E-state index contributed by atoms with van der Waals surface area (Å²) in [6, 6.07) is 1.22. The lowest BCUT2D eigenvalue weighted by atomic mass is 10.2. The maximum atomic E-state index is 11.7. The number of aromatic hydroxyl groups is 1. The summed E-state index contributed by atoms with van der Waals surface area (Å²) < 4.78 is 10.5. The van der Waals surface area contributed by atoms with Crippen LogP contribution in [0, 0.1) is 0 Å². The van der Waals surface area contributed by atoms with Gasteiger partial charge in [-0.05, 0) is 26.8 Å². The second-order valence-electron chi connectivity index (χ2n) is 4.39. The summed E-state index contributed by atoms with van der Waals surface area (Å²) in [6.07, 6.45) is 0.494. The highest BCUT2D eigenvalue weighted by molar-refractivity contribution is 5.94. The topological polar surface area (TPSA) is 77.8 Å². The number of hydrogen-bond donors (Lipinski definition) is 1. The van der Waals surface area contributed by atoms with Gasteiger partial charge in [0.1, 0.15) is 11.4 Å². The molecule has 0 bridgehead atoms. The molecule has 0 amide bonds. The average Bonchev–Trinajstić information content (AvgIpc) is 2.56. The van der Waals surface area contributed by atoms with Crippen LogP contribution in [-0.4, -0.2) is 34.4 Å². The van der Waals surface area contributed by atoms with Gasteiger partial charge in [-0.1, -0.05) is 0 Å². The van der Waals surface area contributed by atoms with Crippen molar-refractivity contribution in [2.24, 2.45) is 0 Å². The van der Waals surface area contributed by atoms with Crippen molar-refractivity contribution in [1.29, 1.82) is 0 Å². The zero-order valence-corrected chi connectivity index (χ0v) is 10.2. The van der Waals surface area contributed by atoms with Gasteiger partial charge >= 0.3 is 12.1 Å². The van der Waals surface area contributed by atoms with Crippen molar-refractivity contribution >= 4 is 12.1 Å². The minimum Gasteiger partial charge on any atom is -0.505 e. The zero-order valence-electron chi connectivity index (χ0n) is 10.2. The molecule has 94 valence electrons. The molecule has 1 aromatic rings. The summed E-state index contributed by atoms with van der Waals surface area (Å²) in [5, 5.41) is 9.45. The second-order valence-corrected chi connectivity index (χ2v) is 4.39. The molecule has 1 N–H and O–H groups in total. The van der Waals surface area contributed by atoms with E-state index in [1.807, 2.05) is 0 Å². The second kappa shape index (κ2) is 4.48. The number of carbonyl (C=O) groups excluding carboxylic acids is 2. The van der Waals surface area contributed by atoms with Crippen molar-refractivity contribution < 1.29 is 24.2 Å². The molecule has 17 heavy (non-hydrogen) atoms. The smallest absolute Gasteiger partial charge is 0.419 e. The molecule has 0 spiro atoms. The van der Waals surface area contributed by atoms with Crippen LogP contribution >= 0.6 is 0 Å². The number of hydrogen-bond acceptors (Lipinski definition) is 5. The molecule has 1 aromatic heterocycles. The monoisotopic (exact) mass is 241 g/mol. The normalized spacial score (nSPS) is 11.1. The van der Waals surface area contributed by atoms with E-state index in [1.165, 1.54) is 12.3 Å². The van der Waals surface area contributed by atoms with Crippen LogP contribution in [0.4, 0.5) is 4.79 Å². The van der Waals surface area contributed by atoms with E-state index in [9.17, 15) is 14.7 Å². The van der Waals surface area contributed by atoms with Gasteiger partial charge in [-0.15, -0.1) is 0 Å². The Bertz CT molecular complexity index is 441. The molecule has 0 aromatic carbocycles. The van der Waals surface area contributed by atoms with Crippen LogP contribution in [-0.2, 0) is 9.47 Å². The number of carbonyl (C=O) groups is 2. The molecule has 6 nitrogen and oxygen atoms in total. The molecule has 0 saturated heterocycles. The molecule has 0 unspecified atom stereocenters. The highest BCUT2D eigenvalue weighted by Gasteiger charge is 2.25. The van der Waals surface area contributed by atoms with Gasteiger partial charge in [0.15, 0.2) is 5.69 Å². The number of ether oxygens (including phenoxy) is 2. The van der Waals surface area contributed by atoms with Gasteiger partial charge in [0.05, 0.1) is 7.11 Å². The summed E-state index contributed by atoms with van der Waals surface area (Å²) in [4.78, 5) is 23.1. The van der Waals surface area contributed by atoms with Gasteiger partial charge in [0, 0.05) is 6.20 Å². The number of rotatable bonds is 1. The first-order valence-corrected chi connectivity index (χ1v) is 4.98. The van der Waals surface area contributed by atoms with Crippen molar-refractivity contribution in [2.75, 3.05) is 7.11 Å². The van der Waals surface area contributed by atoms with E-state index >= 15 is 0 Å². The Morgan fingerprint density at radius 1 is 1.35 bits per heavy atom. The minimum absolute atomic E-state index is 0.248. The number of nitrogens with zero attached hydrogens (tertiary/aromatic N) is 1. The maximum Gasteiger partial charge on any atom is 0.419 e. The molecule has 0 aliphatic rings. The Hall–Kier alpha value is -1.98. The predicted octanol–water partition coefficient (Wildman–Crippen LogP) is 1.76. The average molecular weight is 241 g/mol. The third-order valence-electron chi connectivity index (χ3n) is 1.83. The Balaban J connectivity index is 3.07. The Morgan fingerprint density at radius 2 is 1.94 bits per heavy atom. The molecular formula is C11H15NO5. The van der Waals surface area contributed by atoms with Crippen molar-refractivity contribution in [2.45, 2.75) is 26.4 Å². The summed E-state index contributed by atoms with van der Waals surface area (Å²) in [5.74, 6) is -1.14. The van der Waals surface area contributed by atoms with Crippen molar-refractivity contribution in [3.8, 4) is 5.75 Å². The number of aromatic nitrogens is 1. The van der Waals surface area contributed by atoms with Gasteiger partial charge in [-0.25, -0.2) is 14.2 Å². The van der Waals surface area contributed by atoms with Gasteiger partial charge in [-0.2, -0.15) is 0 Å². The number of methoxy groups -OCH3 is 1. The summed E-state index contributed by atoms with van der Waals surface area (Å²) in [5.41, 5.74) is -0.938. The van der Waals surface area contributed by atoms with Crippen LogP contribution in [0.2, 0.25) is 0 Å². The van der Waals surface area contributed by atoms with Crippen molar-refractivity contribution in [3.63, 3.8) is 0 Å². The lowest BCUT2D eigenvalue weighted by Crippen LogP contribution is -2.28. The molecule has 0 aliphatic heterocycles. The lowest BCUT2D eigenvalue weighted by Gasteiger charge is -2.20. The third-order valence-corrected chi connectivity index (χ3v) is 1.83. The van der Waals surface area contributed by atoms with E-state index in [-0.39, 0.29) is 11.4 Å². The van der Waals surface area contributed by atoms with E-state index in [2.05, 4.69) is 4.74 Å². The van der Waals surface area contributed by atoms with Crippen molar-refractivity contribution in [3.05, 3.63) is 18.0 Å². The van der Waals surface area contributed by atoms with Crippen LogP contribution in [0.3, 0.4) is 0 Å². The van der Waals surface area contributed by atoms with Crippen LogP contribution in [0.15, 0.2) is 12.3 Å². The Morgan fingerprint density at radius 3 is 2.41 bits per heavy atom. The van der Waals surface area contributed by atoms with Gasteiger partial charge in [0.25, 0.3) is 0 Å². The van der Waals surface area contributed by atoms with Crippen LogP contribution < -0.4 is 0 Å².